The van der Waals surface area contributed by atoms with E-state index >= 15 is 0 Å². The Balaban J connectivity index is 3.31. The summed E-state index contributed by atoms with van der Waals surface area (Å²) < 4.78 is 0. The first-order valence-electron chi connectivity index (χ1n) is 2.85. The van der Waals surface area contributed by atoms with Crippen molar-refractivity contribution in [1.29, 1.82) is 0 Å². The lowest BCUT2D eigenvalue weighted by atomic mass is 10.2. The summed E-state index contributed by atoms with van der Waals surface area (Å²) in [5.74, 6) is 0. The van der Waals surface area contributed by atoms with Crippen LogP contribution in [0.1, 0.15) is 26.7 Å². The Kier molecular flexibility index (Phi) is 4.08. The van der Waals surface area contributed by atoms with Crippen molar-refractivity contribution in [2.24, 2.45) is 5.11 Å². The fraction of sp³-hybridized carbons (Fsp3) is 1.00. The van der Waals surface area contributed by atoms with Crippen molar-refractivity contribution in [3.63, 3.8) is 0 Å². The molecule has 0 aromatic carbocycles. The zero-order chi connectivity index (χ0) is 6.41. The molecule has 0 heterocycles. The first kappa shape index (κ1) is 7.31. The first-order valence-corrected chi connectivity index (χ1v) is 2.85. The van der Waals surface area contributed by atoms with Crippen LogP contribution >= 0.6 is 0 Å². The molecule has 0 bridgehead atoms. The maximum Gasteiger partial charge on any atom is 0.0345 e. The molecular weight excluding hydrogens is 102 g/mol. The third kappa shape index (κ3) is 3.50. The van der Waals surface area contributed by atoms with E-state index in [1.165, 1.54) is 0 Å². The summed E-state index contributed by atoms with van der Waals surface area (Å²) >= 11 is 0. The van der Waals surface area contributed by atoms with Crippen molar-refractivity contribution in [2.75, 3.05) is 0 Å². The van der Waals surface area contributed by atoms with Gasteiger partial charge < -0.3 is 0 Å². The van der Waals surface area contributed by atoms with Gasteiger partial charge in [-0.1, -0.05) is 25.4 Å². The normalized spacial score (nSPS) is 12.2. The summed E-state index contributed by atoms with van der Waals surface area (Å²) in [5.41, 5.74) is 7.92. The minimum Gasteiger partial charge on any atom is -0.0909 e. The molecule has 0 spiro atoms. The topological polar surface area (TPSA) is 48.8 Å². The third-order valence-electron chi connectivity index (χ3n) is 0.955. The summed E-state index contributed by atoms with van der Waals surface area (Å²) in [5, 5.41) is 3.49. The average Bonchev–Trinajstić information content (AvgIpc) is 1.68. The van der Waals surface area contributed by atoms with Crippen LogP contribution in [0.3, 0.4) is 0 Å². The van der Waals surface area contributed by atoms with Crippen molar-refractivity contribution >= 4 is 0 Å². The second kappa shape index (κ2) is 4.47. The Bertz CT molecular complexity index is 93.8. The zero-order valence-corrected chi connectivity index (χ0v) is 5.33. The predicted molar refractivity (Wildman–Crippen MR) is 33.5 cm³/mol. The van der Waals surface area contributed by atoms with Crippen LogP contribution in [0.25, 0.3) is 10.4 Å². The van der Waals surface area contributed by atoms with Crippen molar-refractivity contribution in [2.45, 2.75) is 32.7 Å². The molecule has 1 atom stereocenters. The standard InChI is InChI=1S/C5H11N3/c1-3-4-5(2)7-8-6/h5H,3-4H2,1-2H3. The van der Waals surface area contributed by atoms with E-state index in [4.69, 9.17) is 5.53 Å². The molecule has 0 amide bonds. The molecule has 1 unspecified atom stereocenters. The van der Waals surface area contributed by atoms with Crippen LogP contribution in [0, 0.1) is 0 Å². The molecule has 0 radical (unpaired) electrons. The minimum absolute atomic E-state index is 0.171. The van der Waals surface area contributed by atoms with Gasteiger partial charge in [0, 0.05) is 11.0 Å². The molecule has 46 valence electrons. The molecule has 0 aliphatic rings. The highest BCUT2D eigenvalue weighted by Crippen LogP contribution is 1.98. The fourth-order valence-electron chi connectivity index (χ4n) is 0.564. The van der Waals surface area contributed by atoms with Gasteiger partial charge in [0.15, 0.2) is 0 Å². The number of hydrogen-bond donors (Lipinski definition) is 0. The monoisotopic (exact) mass is 113 g/mol. The smallest absolute Gasteiger partial charge is 0.0345 e. The van der Waals surface area contributed by atoms with Crippen LogP contribution in [0.4, 0.5) is 0 Å². The maximum atomic E-state index is 7.92. The SMILES string of the molecule is CCCC(C)N=[N+]=[N-]. The summed E-state index contributed by atoms with van der Waals surface area (Å²) in [4.78, 5) is 2.68. The number of rotatable bonds is 3. The molecule has 0 aromatic rings. The van der Waals surface area contributed by atoms with Gasteiger partial charge in [-0.25, -0.2) is 0 Å². The van der Waals surface area contributed by atoms with E-state index in [0.29, 0.717) is 0 Å². The van der Waals surface area contributed by atoms with Crippen molar-refractivity contribution < 1.29 is 0 Å². The average molecular weight is 113 g/mol. The Morgan fingerprint density at radius 1 is 1.75 bits per heavy atom. The van der Waals surface area contributed by atoms with Gasteiger partial charge in [0.2, 0.25) is 0 Å². The highest BCUT2D eigenvalue weighted by molar-refractivity contribution is 4.57. The van der Waals surface area contributed by atoms with Gasteiger partial charge in [0.1, 0.15) is 0 Å². The Morgan fingerprint density at radius 2 is 2.38 bits per heavy atom. The molecular formula is C5H11N3. The molecule has 0 rings (SSSR count). The Morgan fingerprint density at radius 3 is 2.75 bits per heavy atom. The molecule has 0 aromatic heterocycles. The zero-order valence-electron chi connectivity index (χ0n) is 5.33. The minimum atomic E-state index is 0.171. The summed E-state index contributed by atoms with van der Waals surface area (Å²) in [6, 6.07) is 0.171. The van der Waals surface area contributed by atoms with E-state index in [2.05, 4.69) is 16.9 Å². The van der Waals surface area contributed by atoms with Crippen molar-refractivity contribution in [3.8, 4) is 0 Å². The van der Waals surface area contributed by atoms with E-state index in [1.54, 1.807) is 0 Å². The van der Waals surface area contributed by atoms with Gasteiger partial charge in [0.25, 0.3) is 0 Å². The third-order valence-corrected chi connectivity index (χ3v) is 0.955. The summed E-state index contributed by atoms with van der Waals surface area (Å²) in [7, 11) is 0. The van der Waals surface area contributed by atoms with Crippen molar-refractivity contribution in [3.05, 3.63) is 10.4 Å². The quantitative estimate of drug-likeness (QED) is 0.306. The number of nitrogens with zero attached hydrogens (tertiary/aromatic N) is 3. The van der Waals surface area contributed by atoms with Crippen LogP contribution in [-0.2, 0) is 0 Å². The molecule has 0 aliphatic heterocycles. The van der Waals surface area contributed by atoms with E-state index in [0.717, 1.165) is 12.8 Å². The molecule has 0 aliphatic carbocycles. The molecule has 3 heteroatoms. The number of hydrogen-bond acceptors (Lipinski definition) is 1. The van der Waals surface area contributed by atoms with Gasteiger partial charge in [-0.15, -0.1) is 0 Å². The van der Waals surface area contributed by atoms with E-state index in [1.807, 2.05) is 6.92 Å². The van der Waals surface area contributed by atoms with Crippen LogP contribution in [0.2, 0.25) is 0 Å². The Hall–Kier alpha value is -0.690. The largest absolute Gasteiger partial charge is 0.0909 e. The van der Waals surface area contributed by atoms with E-state index < -0.39 is 0 Å². The highest BCUT2D eigenvalue weighted by atomic mass is 15.1. The number of azide groups is 1. The summed E-state index contributed by atoms with van der Waals surface area (Å²) in [6.45, 7) is 3.99. The maximum absolute atomic E-state index is 7.92. The highest BCUT2D eigenvalue weighted by Gasteiger charge is 1.92. The van der Waals surface area contributed by atoms with Crippen LogP contribution in [-0.4, -0.2) is 6.04 Å². The lowest BCUT2D eigenvalue weighted by molar-refractivity contribution is 0.649. The van der Waals surface area contributed by atoms with E-state index in [-0.39, 0.29) is 6.04 Å². The second-order valence-electron chi connectivity index (χ2n) is 1.84. The summed E-state index contributed by atoms with van der Waals surface area (Å²) in [6.07, 6.45) is 2.07. The molecule has 0 fully saturated rings. The van der Waals surface area contributed by atoms with Crippen molar-refractivity contribution in [1.82, 2.24) is 0 Å². The Labute approximate surface area is 49.3 Å². The van der Waals surface area contributed by atoms with Crippen LogP contribution in [0.5, 0.6) is 0 Å². The second-order valence-corrected chi connectivity index (χ2v) is 1.84. The molecule has 8 heavy (non-hydrogen) atoms. The van der Waals surface area contributed by atoms with Gasteiger partial charge in [-0.3, -0.25) is 0 Å². The van der Waals surface area contributed by atoms with Crippen LogP contribution in [0.15, 0.2) is 5.11 Å². The fourth-order valence-corrected chi connectivity index (χ4v) is 0.564. The lowest BCUT2D eigenvalue weighted by Gasteiger charge is -1.96. The first-order chi connectivity index (χ1) is 3.81. The molecule has 0 N–H and O–H groups in total. The predicted octanol–water partition coefficient (Wildman–Crippen LogP) is 2.49. The van der Waals surface area contributed by atoms with Gasteiger partial charge in [-0.2, -0.15) is 0 Å². The molecule has 3 nitrogen and oxygen atoms in total. The van der Waals surface area contributed by atoms with Gasteiger partial charge in [0.05, 0.1) is 0 Å². The van der Waals surface area contributed by atoms with Gasteiger partial charge >= 0.3 is 0 Å². The van der Waals surface area contributed by atoms with Gasteiger partial charge in [-0.05, 0) is 12.0 Å². The molecule has 0 saturated heterocycles. The van der Waals surface area contributed by atoms with E-state index in [9.17, 15) is 0 Å². The lowest BCUT2D eigenvalue weighted by Crippen LogP contribution is -1.92. The molecule has 0 saturated carbocycles. The van der Waals surface area contributed by atoms with Crippen LogP contribution < -0.4 is 0 Å².